The van der Waals surface area contributed by atoms with Crippen LogP contribution in [0.15, 0.2) is 52.2 Å². The van der Waals surface area contributed by atoms with Crippen LogP contribution in [0.25, 0.3) is 10.9 Å². The van der Waals surface area contributed by atoms with Crippen LogP contribution in [0, 0.1) is 0 Å². The molecule has 0 aliphatic carbocycles. The lowest BCUT2D eigenvalue weighted by Crippen LogP contribution is -2.45. The van der Waals surface area contributed by atoms with Crippen LogP contribution in [-0.4, -0.2) is 54.9 Å². The summed E-state index contributed by atoms with van der Waals surface area (Å²) in [6.45, 7) is 8.60. The smallest absolute Gasteiger partial charge is 0.277 e. The Balaban J connectivity index is 1.59. The van der Waals surface area contributed by atoms with Gasteiger partial charge in [0.25, 0.3) is 10.0 Å². The zero-order valence-corrected chi connectivity index (χ0v) is 17.2. The number of aromatic nitrogens is 1. The van der Waals surface area contributed by atoms with Gasteiger partial charge in [0.15, 0.2) is 0 Å². The van der Waals surface area contributed by atoms with Crippen LogP contribution in [0.3, 0.4) is 0 Å². The van der Waals surface area contributed by atoms with Crippen LogP contribution < -0.4 is 0 Å². The van der Waals surface area contributed by atoms with Gasteiger partial charge in [-0.15, -0.1) is 11.3 Å². The molecule has 0 amide bonds. The third-order valence-electron chi connectivity index (χ3n) is 5.19. The minimum Gasteiger partial charge on any atom is -0.301 e. The summed E-state index contributed by atoms with van der Waals surface area (Å²) in [6, 6.07) is 11.3. The molecule has 27 heavy (non-hydrogen) atoms. The average Bonchev–Trinajstić information content (AvgIpc) is 3.34. The van der Waals surface area contributed by atoms with E-state index in [0.29, 0.717) is 4.21 Å². The normalized spacial score (nSPS) is 16.9. The van der Waals surface area contributed by atoms with Crippen LogP contribution in [0.5, 0.6) is 0 Å². The second-order valence-electron chi connectivity index (χ2n) is 7.02. The van der Waals surface area contributed by atoms with E-state index >= 15 is 0 Å². The largest absolute Gasteiger partial charge is 0.301 e. The quantitative estimate of drug-likeness (QED) is 0.632. The lowest BCUT2D eigenvalue weighted by molar-refractivity contribution is 0.127. The molecule has 1 fully saturated rings. The van der Waals surface area contributed by atoms with Crippen molar-refractivity contribution in [2.75, 3.05) is 32.7 Å². The van der Waals surface area contributed by atoms with E-state index in [2.05, 4.69) is 22.8 Å². The third-order valence-corrected chi connectivity index (χ3v) is 8.26. The van der Waals surface area contributed by atoms with Gasteiger partial charge < -0.3 is 4.90 Å². The Hall–Kier alpha value is -1.67. The molecule has 2 aromatic heterocycles. The highest BCUT2D eigenvalue weighted by Crippen LogP contribution is 2.27. The molecule has 144 valence electrons. The van der Waals surface area contributed by atoms with Crippen molar-refractivity contribution in [1.82, 2.24) is 13.8 Å². The third kappa shape index (κ3) is 3.69. The maximum atomic E-state index is 12.9. The molecule has 0 spiro atoms. The van der Waals surface area contributed by atoms with Crippen molar-refractivity contribution in [2.24, 2.45) is 0 Å². The second-order valence-corrected chi connectivity index (χ2v) is 10.0. The summed E-state index contributed by atoms with van der Waals surface area (Å²) in [5.41, 5.74) is 1.95. The molecule has 1 aliphatic rings. The Morgan fingerprint density at radius 1 is 1.00 bits per heavy atom. The highest BCUT2D eigenvalue weighted by atomic mass is 32.2. The predicted molar refractivity (Wildman–Crippen MR) is 111 cm³/mol. The van der Waals surface area contributed by atoms with E-state index in [0.717, 1.165) is 43.6 Å². The number of hydrogen-bond donors (Lipinski definition) is 0. The molecule has 0 bridgehead atoms. The maximum Gasteiger partial charge on any atom is 0.277 e. The molecule has 3 heterocycles. The van der Waals surface area contributed by atoms with Crippen molar-refractivity contribution in [3.05, 3.63) is 53.5 Å². The monoisotopic (exact) mass is 403 g/mol. The highest BCUT2D eigenvalue weighted by Gasteiger charge is 2.22. The molecular weight excluding hydrogens is 378 g/mol. The fourth-order valence-electron chi connectivity index (χ4n) is 3.79. The molecule has 0 saturated carbocycles. The van der Waals surface area contributed by atoms with Crippen LogP contribution in [0.1, 0.15) is 18.9 Å². The molecule has 7 heteroatoms. The second kappa shape index (κ2) is 7.75. The SMILES string of the molecule is CCCN1CCN(Cc2cccc3c2ccn3S(=O)(=O)c2cccs2)CC1. The number of fused-ring (bicyclic) bond motifs is 1. The van der Waals surface area contributed by atoms with Crippen molar-refractivity contribution in [3.63, 3.8) is 0 Å². The van der Waals surface area contributed by atoms with Crippen molar-refractivity contribution in [1.29, 1.82) is 0 Å². The van der Waals surface area contributed by atoms with Crippen LogP contribution in [0.2, 0.25) is 0 Å². The summed E-state index contributed by atoms with van der Waals surface area (Å²) in [6.07, 6.45) is 2.88. The molecule has 1 aromatic carbocycles. The van der Waals surface area contributed by atoms with Crippen molar-refractivity contribution >= 4 is 32.3 Å². The molecule has 1 aliphatic heterocycles. The van der Waals surface area contributed by atoms with Gasteiger partial charge in [0.1, 0.15) is 4.21 Å². The Morgan fingerprint density at radius 3 is 2.48 bits per heavy atom. The number of nitrogens with zero attached hydrogens (tertiary/aromatic N) is 3. The highest BCUT2D eigenvalue weighted by molar-refractivity contribution is 7.92. The number of rotatable bonds is 6. The van der Waals surface area contributed by atoms with Gasteiger partial charge in [0.05, 0.1) is 5.52 Å². The molecule has 3 aromatic rings. The maximum absolute atomic E-state index is 12.9. The number of benzene rings is 1. The standard InChI is InChI=1S/C20H25N3O2S2/c1-2-9-21-11-13-22(14-12-21)16-17-5-3-6-19-18(17)8-10-23(19)27(24,25)20-7-4-15-26-20/h3-8,10,15H,2,9,11-14,16H2,1H3. The van der Waals surface area contributed by atoms with Crippen molar-refractivity contribution < 1.29 is 8.42 Å². The first-order valence-electron chi connectivity index (χ1n) is 9.42. The van der Waals surface area contributed by atoms with Gasteiger partial charge in [-0.1, -0.05) is 25.1 Å². The summed E-state index contributed by atoms with van der Waals surface area (Å²) >= 11 is 1.25. The molecule has 0 atom stereocenters. The van der Waals surface area contributed by atoms with E-state index in [1.54, 1.807) is 23.7 Å². The van der Waals surface area contributed by atoms with E-state index in [-0.39, 0.29) is 0 Å². The van der Waals surface area contributed by atoms with E-state index in [1.165, 1.54) is 33.8 Å². The molecule has 0 radical (unpaired) electrons. The molecule has 0 N–H and O–H groups in total. The molecular formula is C20H25N3O2S2. The van der Waals surface area contributed by atoms with Crippen LogP contribution >= 0.6 is 11.3 Å². The van der Waals surface area contributed by atoms with E-state index < -0.39 is 10.0 Å². The van der Waals surface area contributed by atoms with Crippen molar-refractivity contribution in [3.8, 4) is 0 Å². The number of thiophene rings is 1. The van der Waals surface area contributed by atoms with E-state index in [9.17, 15) is 8.42 Å². The van der Waals surface area contributed by atoms with Gasteiger partial charge in [-0.05, 0) is 42.1 Å². The fourth-order valence-corrected chi connectivity index (χ4v) is 6.22. The lowest BCUT2D eigenvalue weighted by atomic mass is 10.1. The zero-order valence-electron chi connectivity index (χ0n) is 15.5. The van der Waals surface area contributed by atoms with Gasteiger partial charge in [-0.3, -0.25) is 4.90 Å². The lowest BCUT2D eigenvalue weighted by Gasteiger charge is -2.34. The average molecular weight is 404 g/mol. The Morgan fingerprint density at radius 2 is 1.78 bits per heavy atom. The Kier molecular flexibility index (Phi) is 5.36. The minimum atomic E-state index is -3.53. The Bertz CT molecular complexity index is 1000. The van der Waals surface area contributed by atoms with Crippen LogP contribution in [-0.2, 0) is 16.6 Å². The van der Waals surface area contributed by atoms with Gasteiger partial charge in [-0.25, -0.2) is 3.97 Å². The molecule has 0 unspecified atom stereocenters. The van der Waals surface area contributed by atoms with E-state index in [1.807, 2.05) is 18.2 Å². The summed E-state index contributed by atoms with van der Waals surface area (Å²) in [7, 11) is -3.53. The first kappa shape index (κ1) is 18.7. The Labute approximate surface area is 164 Å². The fraction of sp³-hybridized carbons (Fsp3) is 0.400. The number of piperazine rings is 1. The topological polar surface area (TPSA) is 45.5 Å². The summed E-state index contributed by atoms with van der Waals surface area (Å²) in [4.78, 5) is 4.98. The first-order chi connectivity index (χ1) is 13.1. The first-order valence-corrected chi connectivity index (χ1v) is 11.7. The van der Waals surface area contributed by atoms with Crippen molar-refractivity contribution in [2.45, 2.75) is 24.1 Å². The molecule has 4 rings (SSSR count). The van der Waals surface area contributed by atoms with Gasteiger partial charge in [0, 0.05) is 44.3 Å². The zero-order chi connectivity index (χ0) is 18.9. The summed E-state index contributed by atoms with van der Waals surface area (Å²) < 4.78 is 27.6. The summed E-state index contributed by atoms with van der Waals surface area (Å²) in [5, 5.41) is 2.82. The van der Waals surface area contributed by atoms with Gasteiger partial charge in [0.2, 0.25) is 0 Å². The molecule has 5 nitrogen and oxygen atoms in total. The number of hydrogen-bond acceptors (Lipinski definition) is 5. The minimum absolute atomic E-state index is 0.373. The van der Waals surface area contributed by atoms with E-state index in [4.69, 9.17) is 0 Å². The predicted octanol–water partition coefficient (Wildman–Crippen LogP) is 3.47. The van der Waals surface area contributed by atoms with Gasteiger partial charge in [-0.2, -0.15) is 8.42 Å². The van der Waals surface area contributed by atoms with Crippen LogP contribution in [0.4, 0.5) is 0 Å². The van der Waals surface area contributed by atoms with Gasteiger partial charge >= 0.3 is 0 Å². The molecule has 1 saturated heterocycles. The summed E-state index contributed by atoms with van der Waals surface area (Å²) in [5.74, 6) is 0.